The molecule has 0 radical (unpaired) electrons. The number of hydrogen-bond acceptors (Lipinski definition) is 6. The van der Waals surface area contributed by atoms with Crippen LogP contribution in [0.3, 0.4) is 0 Å². The molecule has 3 aromatic rings. The third kappa shape index (κ3) is 1.44. The van der Waals surface area contributed by atoms with Crippen molar-refractivity contribution in [3.63, 3.8) is 0 Å². The van der Waals surface area contributed by atoms with Crippen LogP contribution in [0.15, 0.2) is 24.8 Å². The molecular weight excluding hydrogens is 220 g/mol. The number of rotatable bonds is 1. The highest BCUT2D eigenvalue weighted by molar-refractivity contribution is 5.84. The van der Waals surface area contributed by atoms with E-state index in [0.29, 0.717) is 28.4 Å². The molecule has 17 heavy (non-hydrogen) atoms. The van der Waals surface area contributed by atoms with Crippen molar-refractivity contribution < 1.29 is 5.11 Å². The lowest BCUT2D eigenvalue weighted by Crippen LogP contribution is -1.91. The van der Waals surface area contributed by atoms with Crippen molar-refractivity contribution in [2.24, 2.45) is 0 Å². The Hall–Kier alpha value is -2.70. The number of hydrogen-bond donors (Lipinski definition) is 3. The van der Waals surface area contributed by atoms with E-state index < -0.39 is 0 Å². The lowest BCUT2D eigenvalue weighted by Gasteiger charge is -1.98. The summed E-state index contributed by atoms with van der Waals surface area (Å²) in [4.78, 5) is 18.8. The summed E-state index contributed by atoms with van der Waals surface area (Å²) in [6, 6.07) is 1.65. The van der Waals surface area contributed by atoms with Gasteiger partial charge in [0.2, 0.25) is 0 Å². The standard InChI is InChI=1S/C10H8N6O/c11-8-7-10(14-4-13-8)16-9(15-7)5-1-2-12-3-6(5)17/h1-4,17H,(H3,11,13,14,15,16). The van der Waals surface area contributed by atoms with Crippen LogP contribution < -0.4 is 5.73 Å². The van der Waals surface area contributed by atoms with Crippen molar-refractivity contribution in [2.75, 3.05) is 5.73 Å². The van der Waals surface area contributed by atoms with Crippen LogP contribution in [0.4, 0.5) is 5.82 Å². The maximum atomic E-state index is 9.67. The summed E-state index contributed by atoms with van der Waals surface area (Å²) in [5.74, 6) is 0.840. The zero-order valence-corrected chi connectivity index (χ0v) is 8.62. The van der Waals surface area contributed by atoms with E-state index in [1.54, 1.807) is 12.3 Å². The zero-order valence-electron chi connectivity index (χ0n) is 8.62. The lowest BCUT2D eigenvalue weighted by molar-refractivity contribution is 0.474. The van der Waals surface area contributed by atoms with E-state index in [9.17, 15) is 5.11 Å². The number of aromatic amines is 1. The fourth-order valence-electron chi connectivity index (χ4n) is 1.56. The molecule has 0 fully saturated rings. The Morgan fingerprint density at radius 1 is 1.29 bits per heavy atom. The van der Waals surface area contributed by atoms with Gasteiger partial charge in [-0.3, -0.25) is 4.98 Å². The van der Waals surface area contributed by atoms with E-state index in [0.717, 1.165) is 0 Å². The van der Waals surface area contributed by atoms with Gasteiger partial charge in [-0.2, -0.15) is 0 Å². The first-order valence-electron chi connectivity index (χ1n) is 4.85. The summed E-state index contributed by atoms with van der Waals surface area (Å²) in [6.07, 6.45) is 4.25. The van der Waals surface area contributed by atoms with E-state index in [4.69, 9.17) is 5.73 Å². The van der Waals surface area contributed by atoms with Crippen molar-refractivity contribution in [1.82, 2.24) is 24.9 Å². The quantitative estimate of drug-likeness (QED) is 0.565. The molecule has 0 saturated carbocycles. The molecule has 3 rings (SSSR count). The summed E-state index contributed by atoms with van der Waals surface area (Å²) in [5, 5.41) is 9.67. The molecule has 0 saturated heterocycles. The molecule has 7 heteroatoms. The summed E-state index contributed by atoms with van der Waals surface area (Å²) >= 11 is 0. The molecule has 0 aliphatic heterocycles. The predicted octanol–water partition coefficient (Wildman–Crippen LogP) is 0.703. The highest BCUT2D eigenvalue weighted by Gasteiger charge is 2.11. The number of H-pyrrole nitrogens is 1. The van der Waals surface area contributed by atoms with Crippen molar-refractivity contribution in [3.05, 3.63) is 24.8 Å². The van der Waals surface area contributed by atoms with Gasteiger partial charge in [-0.15, -0.1) is 0 Å². The molecule has 0 atom stereocenters. The van der Waals surface area contributed by atoms with Crippen LogP contribution in [0.5, 0.6) is 5.75 Å². The number of nitrogen functional groups attached to an aromatic ring is 1. The molecule has 0 amide bonds. The lowest BCUT2D eigenvalue weighted by atomic mass is 10.2. The van der Waals surface area contributed by atoms with Crippen LogP contribution in [-0.2, 0) is 0 Å². The molecule has 0 spiro atoms. The first-order valence-corrected chi connectivity index (χ1v) is 4.85. The van der Waals surface area contributed by atoms with Crippen molar-refractivity contribution in [1.29, 1.82) is 0 Å². The molecule has 0 aromatic carbocycles. The maximum absolute atomic E-state index is 9.67. The maximum Gasteiger partial charge on any atom is 0.183 e. The Kier molecular flexibility index (Phi) is 1.91. The Balaban J connectivity index is 2.26. The highest BCUT2D eigenvalue weighted by Crippen LogP contribution is 2.27. The van der Waals surface area contributed by atoms with Crippen LogP contribution >= 0.6 is 0 Å². The molecule has 0 bridgehead atoms. The molecule has 4 N–H and O–H groups in total. The summed E-state index contributed by atoms with van der Waals surface area (Å²) in [6.45, 7) is 0. The normalized spacial score (nSPS) is 10.8. The van der Waals surface area contributed by atoms with Crippen LogP contribution in [0.25, 0.3) is 22.6 Å². The molecular formula is C10H8N6O. The van der Waals surface area contributed by atoms with E-state index in [1.807, 2.05) is 0 Å². The average Bonchev–Trinajstić information content (AvgIpc) is 2.75. The number of imidazole rings is 1. The summed E-state index contributed by atoms with van der Waals surface area (Å²) in [5.41, 5.74) is 7.24. The van der Waals surface area contributed by atoms with Gasteiger partial charge in [0.15, 0.2) is 11.5 Å². The first-order chi connectivity index (χ1) is 8.25. The number of nitrogens with two attached hydrogens (primary N) is 1. The molecule has 3 aromatic heterocycles. The van der Waals surface area contributed by atoms with Gasteiger partial charge in [0.1, 0.15) is 23.4 Å². The topological polar surface area (TPSA) is 114 Å². The van der Waals surface area contributed by atoms with Crippen LogP contribution in [0.1, 0.15) is 0 Å². The Morgan fingerprint density at radius 3 is 2.94 bits per heavy atom. The second kappa shape index (κ2) is 3.41. The Labute approximate surface area is 95.4 Å². The Bertz CT molecular complexity index is 692. The minimum Gasteiger partial charge on any atom is -0.506 e. The molecule has 0 unspecified atom stereocenters. The number of aromatic nitrogens is 5. The number of fused-ring (bicyclic) bond motifs is 1. The van der Waals surface area contributed by atoms with Gasteiger partial charge in [-0.05, 0) is 6.07 Å². The monoisotopic (exact) mass is 228 g/mol. The van der Waals surface area contributed by atoms with Gasteiger partial charge < -0.3 is 15.8 Å². The van der Waals surface area contributed by atoms with Crippen molar-refractivity contribution in [3.8, 4) is 17.1 Å². The predicted molar refractivity (Wildman–Crippen MR) is 61.0 cm³/mol. The third-order valence-electron chi connectivity index (χ3n) is 2.37. The first kappa shape index (κ1) is 9.52. The van der Waals surface area contributed by atoms with Gasteiger partial charge in [0.25, 0.3) is 0 Å². The fraction of sp³-hybridized carbons (Fsp3) is 0. The van der Waals surface area contributed by atoms with E-state index in [1.165, 1.54) is 12.5 Å². The van der Waals surface area contributed by atoms with Gasteiger partial charge >= 0.3 is 0 Å². The molecule has 84 valence electrons. The van der Waals surface area contributed by atoms with Crippen molar-refractivity contribution >= 4 is 17.0 Å². The highest BCUT2D eigenvalue weighted by atomic mass is 16.3. The molecule has 7 nitrogen and oxygen atoms in total. The van der Waals surface area contributed by atoms with Crippen LogP contribution in [0.2, 0.25) is 0 Å². The van der Waals surface area contributed by atoms with Gasteiger partial charge in [-0.1, -0.05) is 0 Å². The average molecular weight is 228 g/mol. The van der Waals surface area contributed by atoms with Crippen LogP contribution in [-0.4, -0.2) is 30.0 Å². The van der Waals surface area contributed by atoms with Gasteiger partial charge in [0, 0.05) is 6.20 Å². The van der Waals surface area contributed by atoms with Crippen LogP contribution in [0, 0.1) is 0 Å². The smallest absolute Gasteiger partial charge is 0.183 e. The second-order valence-corrected chi connectivity index (χ2v) is 3.44. The molecule has 3 heterocycles. The SMILES string of the molecule is Nc1ncnc2nc(-c3ccncc3O)[nH]c12. The molecule has 0 aliphatic rings. The number of nitrogens with zero attached hydrogens (tertiary/aromatic N) is 4. The number of anilines is 1. The fourth-order valence-corrected chi connectivity index (χ4v) is 1.56. The van der Waals surface area contributed by atoms with Crippen molar-refractivity contribution in [2.45, 2.75) is 0 Å². The van der Waals surface area contributed by atoms with Gasteiger partial charge in [-0.25, -0.2) is 15.0 Å². The molecule has 0 aliphatic carbocycles. The summed E-state index contributed by atoms with van der Waals surface area (Å²) < 4.78 is 0. The summed E-state index contributed by atoms with van der Waals surface area (Å²) in [7, 11) is 0. The minimum atomic E-state index is 0.0399. The zero-order chi connectivity index (χ0) is 11.8. The van der Waals surface area contributed by atoms with E-state index in [-0.39, 0.29) is 5.75 Å². The number of nitrogens with one attached hydrogen (secondary N) is 1. The third-order valence-corrected chi connectivity index (χ3v) is 2.37. The second-order valence-electron chi connectivity index (χ2n) is 3.44. The number of aromatic hydroxyl groups is 1. The van der Waals surface area contributed by atoms with E-state index >= 15 is 0 Å². The van der Waals surface area contributed by atoms with Gasteiger partial charge in [0.05, 0.1) is 11.8 Å². The largest absolute Gasteiger partial charge is 0.506 e. The minimum absolute atomic E-state index is 0.0399. The number of pyridine rings is 1. The Morgan fingerprint density at radius 2 is 2.18 bits per heavy atom. The van der Waals surface area contributed by atoms with E-state index in [2.05, 4.69) is 24.9 Å².